The Balaban J connectivity index is 1.48. The molecule has 3 aromatic rings. The highest BCUT2D eigenvalue weighted by molar-refractivity contribution is 5.87. The summed E-state index contributed by atoms with van der Waals surface area (Å²) >= 11 is 0. The van der Waals surface area contributed by atoms with Gasteiger partial charge in [-0.25, -0.2) is 0 Å². The van der Waals surface area contributed by atoms with Crippen molar-refractivity contribution >= 4 is 22.8 Å². The summed E-state index contributed by atoms with van der Waals surface area (Å²) in [6.45, 7) is 0.781. The molecule has 7 heteroatoms. The van der Waals surface area contributed by atoms with Crippen LogP contribution in [-0.2, 0) is 29.6 Å². The minimum Gasteiger partial charge on any atom is -0.494 e. The second-order valence-electron chi connectivity index (χ2n) is 6.53. The Hall–Kier alpha value is -3.35. The maximum absolute atomic E-state index is 12.3. The molecule has 3 rings (SSSR count). The fraction of sp³-hybridized carbons (Fsp3) is 0.286. The number of carboxylic acid groups (broad SMARTS) is 1. The molecule has 28 heavy (non-hydrogen) atoms. The maximum Gasteiger partial charge on any atom is 0.303 e. The van der Waals surface area contributed by atoms with E-state index in [4.69, 9.17) is 9.84 Å². The largest absolute Gasteiger partial charge is 0.494 e. The molecule has 1 heterocycles. The summed E-state index contributed by atoms with van der Waals surface area (Å²) in [6, 6.07) is 15.2. The molecule has 2 N–H and O–H groups in total. The Morgan fingerprint density at radius 2 is 1.89 bits per heavy atom. The van der Waals surface area contributed by atoms with Crippen molar-refractivity contribution in [3.8, 4) is 5.75 Å². The van der Waals surface area contributed by atoms with Crippen molar-refractivity contribution in [3.63, 3.8) is 0 Å². The minimum absolute atomic E-state index is 0.0853. The lowest BCUT2D eigenvalue weighted by Crippen LogP contribution is -2.24. The van der Waals surface area contributed by atoms with Gasteiger partial charge in [0.05, 0.1) is 24.2 Å². The molecule has 1 amide bonds. The molecule has 1 aromatic heterocycles. The Bertz CT molecular complexity index is 963. The average Bonchev–Trinajstić information content (AvgIpc) is 3.00. The number of hydrogen-bond acceptors (Lipinski definition) is 4. The van der Waals surface area contributed by atoms with Gasteiger partial charge in [0.1, 0.15) is 5.75 Å². The number of aryl methyl sites for hydroxylation is 1. The number of rotatable bonds is 9. The number of aromatic nitrogens is 2. The summed E-state index contributed by atoms with van der Waals surface area (Å²) in [5.41, 5.74) is 2.72. The number of nitrogens with zero attached hydrogens (tertiary/aromatic N) is 2. The van der Waals surface area contributed by atoms with E-state index in [1.165, 1.54) is 0 Å². The van der Waals surface area contributed by atoms with Gasteiger partial charge < -0.3 is 15.2 Å². The first-order valence-corrected chi connectivity index (χ1v) is 9.14. The number of hydrogen-bond donors (Lipinski definition) is 2. The maximum atomic E-state index is 12.3. The standard InChI is InChI=1S/C21H23N3O4/c1-24-19-6-3-2-5-17(19)18(23-24)13-20(25)22-14-15-8-10-16(11-9-15)28-12-4-7-21(26)27/h2-3,5-6,8-11H,4,7,12-14H2,1H3,(H,22,25)(H,26,27). The second kappa shape index (κ2) is 9.03. The van der Waals surface area contributed by atoms with Crippen LogP contribution in [0.5, 0.6) is 5.75 Å². The van der Waals surface area contributed by atoms with Crippen molar-refractivity contribution in [2.45, 2.75) is 25.8 Å². The van der Waals surface area contributed by atoms with Crippen molar-refractivity contribution in [1.82, 2.24) is 15.1 Å². The molecule has 2 aromatic carbocycles. The van der Waals surface area contributed by atoms with Gasteiger partial charge in [0, 0.05) is 25.4 Å². The summed E-state index contributed by atoms with van der Waals surface area (Å²) < 4.78 is 7.28. The highest BCUT2D eigenvalue weighted by Gasteiger charge is 2.12. The van der Waals surface area contributed by atoms with Crippen molar-refractivity contribution in [2.75, 3.05) is 6.61 Å². The lowest BCUT2D eigenvalue weighted by Gasteiger charge is -2.08. The van der Waals surface area contributed by atoms with E-state index in [9.17, 15) is 9.59 Å². The smallest absolute Gasteiger partial charge is 0.303 e. The summed E-state index contributed by atoms with van der Waals surface area (Å²) in [7, 11) is 1.87. The molecule has 0 aliphatic heterocycles. The van der Waals surface area contributed by atoms with E-state index >= 15 is 0 Å². The monoisotopic (exact) mass is 381 g/mol. The number of aliphatic carboxylic acids is 1. The molecule has 7 nitrogen and oxygen atoms in total. The zero-order valence-electron chi connectivity index (χ0n) is 15.7. The number of carbonyl (C=O) groups excluding carboxylic acids is 1. The average molecular weight is 381 g/mol. The summed E-state index contributed by atoms with van der Waals surface area (Å²) in [6.07, 6.45) is 0.789. The van der Waals surface area contributed by atoms with Crippen LogP contribution in [-0.4, -0.2) is 33.4 Å². The number of para-hydroxylation sites is 1. The van der Waals surface area contributed by atoms with Crippen LogP contribution in [0.3, 0.4) is 0 Å². The van der Waals surface area contributed by atoms with Gasteiger partial charge in [-0.1, -0.05) is 30.3 Å². The third-order valence-corrected chi connectivity index (χ3v) is 4.38. The van der Waals surface area contributed by atoms with Gasteiger partial charge >= 0.3 is 5.97 Å². The van der Waals surface area contributed by atoms with Crippen LogP contribution in [0.1, 0.15) is 24.1 Å². The van der Waals surface area contributed by atoms with Crippen LogP contribution in [0.4, 0.5) is 0 Å². The molecule has 0 spiro atoms. The van der Waals surface area contributed by atoms with Crippen LogP contribution < -0.4 is 10.1 Å². The van der Waals surface area contributed by atoms with Gasteiger partial charge in [0.15, 0.2) is 0 Å². The zero-order chi connectivity index (χ0) is 19.9. The van der Waals surface area contributed by atoms with E-state index in [1.807, 2.05) is 55.6 Å². The quantitative estimate of drug-likeness (QED) is 0.556. The first-order chi connectivity index (χ1) is 13.5. The third kappa shape index (κ3) is 5.09. The Morgan fingerprint density at radius 1 is 1.14 bits per heavy atom. The predicted molar refractivity (Wildman–Crippen MR) is 105 cm³/mol. The Morgan fingerprint density at radius 3 is 2.64 bits per heavy atom. The number of benzene rings is 2. The van der Waals surface area contributed by atoms with Crippen LogP contribution >= 0.6 is 0 Å². The number of fused-ring (bicyclic) bond motifs is 1. The first kappa shape index (κ1) is 19.4. The second-order valence-corrected chi connectivity index (χ2v) is 6.53. The number of carboxylic acids is 1. The third-order valence-electron chi connectivity index (χ3n) is 4.38. The Labute approximate surface area is 162 Å². The number of nitrogens with one attached hydrogen (secondary N) is 1. The number of amides is 1. The molecule has 0 saturated heterocycles. The van der Waals surface area contributed by atoms with Crippen molar-refractivity contribution in [2.24, 2.45) is 7.05 Å². The summed E-state index contributed by atoms with van der Waals surface area (Å²) in [5, 5.41) is 16.9. The van der Waals surface area contributed by atoms with Gasteiger partial charge in [0.2, 0.25) is 5.91 Å². The van der Waals surface area contributed by atoms with E-state index in [0.717, 1.165) is 22.2 Å². The van der Waals surface area contributed by atoms with Gasteiger partial charge in [-0.2, -0.15) is 5.10 Å². The lowest BCUT2D eigenvalue weighted by atomic mass is 10.1. The van der Waals surface area contributed by atoms with Crippen molar-refractivity contribution < 1.29 is 19.4 Å². The SMILES string of the molecule is Cn1nc(CC(=O)NCc2ccc(OCCCC(=O)O)cc2)c2ccccc21. The van der Waals surface area contributed by atoms with E-state index < -0.39 is 5.97 Å². The molecule has 0 bridgehead atoms. The molecule has 0 atom stereocenters. The van der Waals surface area contributed by atoms with Gasteiger partial charge in [-0.15, -0.1) is 0 Å². The number of ether oxygens (including phenoxy) is 1. The highest BCUT2D eigenvalue weighted by atomic mass is 16.5. The molecule has 146 valence electrons. The van der Waals surface area contributed by atoms with Crippen molar-refractivity contribution in [3.05, 3.63) is 59.8 Å². The van der Waals surface area contributed by atoms with E-state index in [-0.39, 0.29) is 18.7 Å². The van der Waals surface area contributed by atoms with Gasteiger partial charge in [-0.05, 0) is 30.2 Å². The fourth-order valence-corrected chi connectivity index (χ4v) is 2.95. The lowest BCUT2D eigenvalue weighted by molar-refractivity contribution is -0.137. The molecular formula is C21H23N3O4. The van der Waals surface area contributed by atoms with Gasteiger partial charge in [0.25, 0.3) is 0 Å². The Kier molecular flexibility index (Phi) is 6.26. The highest BCUT2D eigenvalue weighted by Crippen LogP contribution is 2.18. The van der Waals surface area contributed by atoms with E-state index in [0.29, 0.717) is 25.3 Å². The van der Waals surface area contributed by atoms with Crippen LogP contribution in [0.15, 0.2) is 48.5 Å². The topological polar surface area (TPSA) is 93.5 Å². The number of carbonyl (C=O) groups is 2. The van der Waals surface area contributed by atoms with Crippen molar-refractivity contribution in [1.29, 1.82) is 0 Å². The predicted octanol–water partition coefficient (Wildman–Crippen LogP) is 2.68. The fourth-order valence-electron chi connectivity index (χ4n) is 2.95. The molecule has 0 saturated carbocycles. The van der Waals surface area contributed by atoms with E-state index in [1.54, 1.807) is 4.68 Å². The molecule has 0 aliphatic carbocycles. The van der Waals surface area contributed by atoms with Crippen LogP contribution in [0.25, 0.3) is 10.9 Å². The molecule has 0 fully saturated rings. The zero-order valence-corrected chi connectivity index (χ0v) is 15.7. The molecule has 0 aliphatic rings. The molecule has 0 unspecified atom stereocenters. The summed E-state index contributed by atoms with van der Waals surface area (Å²) in [4.78, 5) is 22.8. The minimum atomic E-state index is -0.826. The van der Waals surface area contributed by atoms with Gasteiger partial charge in [-0.3, -0.25) is 14.3 Å². The van der Waals surface area contributed by atoms with E-state index in [2.05, 4.69) is 10.4 Å². The first-order valence-electron chi connectivity index (χ1n) is 9.14. The summed E-state index contributed by atoms with van der Waals surface area (Å²) in [5.74, 6) is -0.230. The molecular weight excluding hydrogens is 358 g/mol. The normalized spacial score (nSPS) is 10.8. The van der Waals surface area contributed by atoms with Crippen LogP contribution in [0, 0.1) is 0 Å². The van der Waals surface area contributed by atoms with Crippen LogP contribution in [0.2, 0.25) is 0 Å². The molecule has 0 radical (unpaired) electrons.